The molecule has 6 heteroatoms. The van der Waals surface area contributed by atoms with Gasteiger partial charge in [-0.2, -0.15) is 0 Å². The molecule has 6 nitrogen and oxygen atoms in total. The summed E-state index contributed by atoms with van der Waals surface area (Å²) in [6, 6.07) is 15.3. The van der Waals surface area contributed by atoms with Gasteiger partial charge in [0.05, 0.1) is 19.2 Å². The third kappa shape index (κ3) is 7.14. The maximum atomic E-state index is 12.7. The molecule has 0 spiro atoms. The number of ether oxygens (including phenoxy) is 3. The van der Waals surface area contributed by atoms with Crippen molar-refractivity contribution in [2.75, 3.05) is 18.6 Å². The molecule has 156 valence electrons. The van der Waals surface area contributed by atoms with Crippen LogP contribution in [0.2, 0.25) is 0 Å². The number of carbonyl (C=O) groups excluding carboxylic acids is 2. The summed E-state index contributed by atoms with van der Waals surface area (Å²) in [5.74, 6) is 0.268. The van der Waals surface area contributed by atoms with E-state index in [1.165, 1.54) is 12.0 Å². The van der Waals surface area contributed by atoms with E-state index in [0.29, 0.717) is 18.0 Å². The molecular weight excluding hydrogens is 370 g/mol. The van der Waals surface area contributed by atoms with Crippen molar-refractivity contribution in [3.63, 3.8) is 0 Å². The third-order valence-corrected chi connectivity index (χ3v) is 4.10. The van der Waals surface area contributed by atoms with Crippen molar-refractivity contribution in [1.82, 2.24) is 0 Å². The Morgan fingerprint density at radius 3 is 2.34 bits per heavy atom. The topological polar surface area (TPSA) is 65.1 Å². The Balaban J connectivity index is 2.24. The fourth-order valence-corrected chi connectivity index (χ4v) is 2.60. The molecule has 0 saturated carbocycles. The monoisotopic (exact) mass is 399 g/mol. The van der Waals surface area contributed by atoms with Crippen molar-refractivity contribution in [1.29, 1.82) is 0 Å². The van der Waals surface area contributed by atoms with Crippen LogP contribution in [-0.4, -0.2) is 31.3 Å². The lowest BCUT2D eigenvalue weighted by Crippen LogP contribution is -2.38. The van der Waals surface area contributed by atoms with E-state index in [0.717, 1.165) is 11.1 Å². The van der Waals surface area contributed by atoms with Gasteiger partial charge in [-0.1, -0.05) is 36.4 Å². The Morgan fingerprint density at radius 1 is 1.03 bits per heavy atom. The Bertz CT molecular complexity index is 827. The first-order valence-corrected chi connectivity index (χ1v) is 9.54. The fourth-order valence-electron chi connectivity index (χ4n) is 2.60. The van der Waals surface area contributed by atoms with Gasteiger partial charge in [0.2, 0.25) is 0 Å². The number of hydrogen-bond acceptors (Lipinski definition) is 5. The second-order valence-corrected chi connectivity index (χ2v) is 7.68. The molecule has 2 rings (SSSR count). The number of amides is 1. The van der Waals surface area contributed by atoms with Crippen LogP contribution in [0.25, 0.3) is 0 Å². The zero-order valence-corrected chi connectivity index (χ0v) is 17.7. The number of anilines is 1. The van der Waals surface area contributed by atoms with Gasteiger partial charge in [-0.3, -0.25) is 9.69 Å². The Morgan fingerprint density at radius 2 is 1.72 bits per heavy atom. The van der Waals surface area contributed by atoms with Crippen LogP contribution in [0.5, 0.6) is 5.75 Å². The van der Waals surface area contributed by atoms with Gasteiger partial charge in [0, 0.05) is 12.6 Å². The second kappa shape index (κ2) is 9.96. The van der Waals surface area contributed by atoms with Crippen LogP contribution in [0.15, 0.2) is 48.5 Å². The van der Waals surface area contributed by atoms with E-state index in [2.05, 4.69) is 0 Å². The molecule has 2 aromatic rings. The van der Waals surface area contributed by atoms with Crippen molar-refractivity contribution in [3.05, 3.63) is 59.7 Å². The highest BCUT2D eigenvalue weighted by Crippen LogP contribution is 2.27. The fraction of sp³-hybridized carbons (Fsp3) is 0.391. The van der Waals surface area contributed by atoms with E-state index < -0.39 is 17.7 Å². The first-order valence-electron chi connectivity index (χ1n) is 9.54. The number of nitrogens with zero attached hydrogens (tertiary/aromatic N) is 1. The quantitative estimate of drug-likeness (QED) is 0.621. The number of hydrogen-bond donors (Lipinski definition) is 0. The molecule has 2 aromatic carbocycles. The SMILES string of the molecule is COC(=O)CCN(C(=O)OC(C)(C)C)c1ccc(C)c(OCc2ccccc2)c1. The highest BCUT2D eigenvalue weighted by molar-refractivity contribution is 5.89. The normalized spacial score (nSPS) is 10.9. The van der Waals surface area contributed by atoms with E-state index in [4.69, 9.17) is 14.2 Å². The summed E-state index contributed by atoms with van der Waals surface area (Å²) in [6.45, 7) is 7.89. The molecule has 29 heavy (non-hydrogen) atoms. The minimum Gasteiger partial charge on any atom is -0.489 e. The predicted molar refractivity (Wildman–Crippen MR) is 112 cm³/mol. The number of carbonyl (C=O) groups is 2. The van der Waals surface area contributed by atoms with Crippen molar-refractivity contribution < 1.29 is 23.8 Å². The molecule has 0 bridgehead atoms. The lowest BCUT2D eigenvalue weighted by Gasteiger charge is -2.27. The molecule has 0 saturated heterocycles. The van der Waals surface area contributed by atoms with Crippen LogP contribution >= 0.6 is 0 Å². The number of rotatable bonds is 7. The van der Waals surface area contributed by atoms with Crippen LogP contribution in [0.4, 0.5) is 10.5 Å². The Labute approximate surface area is 172 Å². The van der Waals surface area contributed by atoms with Crippen molar-refractivity contribution in [3.8, 4) is 5.75 Å². The van der Waals surface area contributed by atoms with Crippen LogP contribution in [-0.2, 0) is 20.9 Å². The summed E-state index contributed by atoms with van der Waals surface area (Å²) in [5, 5.41) is 0. The first kappa shape index (κ1) is 22.3. The molecule has 0 aliphatic carbocycles. The van der Waals surface area contributed by atoms with Crippen molar-refractivity contribution in [2.24, 2.45) is 0 Å². The van der Waals surface area contributed by atoms with Gasteiger partial charge >= 0.3 is 12.1 Å². The Kier molecular flexibility index (Phi) is 7.65. The van der Waals surface area contributed by atoms with Crippen molar-refractivity contribution >= 4 is 17.7 Å². The summed E-state index contributed by atoms with van der Waals surface area (Å²) in [4.78, 5) is 25.8. The number of benzene rings is 2. The van der Waals surface area contributed by atoms with Crippen molar-refractivity contribution in [2.45, 2.75) is 46.3 Å². The molecule has 0 aromatic heterocycles. The van der Waals surface area contributed by atoms with E-state index >= 15 is 0 Å². The van der Waals surface area contributed by atoms with Gasteiger partial charge in [-0.05, 0) is 44.9 Å². The molecule has 0 aliphatic heterocycles. The molecule has 0 atom stereocenters. The van der Waals surface area contributed by atoms with E-state index in [-0.39, 0.29) is 13.0 Å². The van der Waals surface area contributed by atoms with Gasteiger partial charge in [0.15, 0.2) is 0 Å². The molecule has 0 unspecified atom stereocenters. The number of esters is 1. The number of aryl methyl sites for hydroxylation is 1. The zero-order chi connectivity index (χ0) is 21.4. The van der Waals surface area contributed by atoms with Crippen LogP contribution in [0, 0.1) is 6.92 Å². The average molecular weight is 399 g/mol. The molecule has 1 amide bonds. The molecule has 0 aliphatic rings. The molecule has 0 heterocycles. The second-order valence-electron chi connectivity index (χ2n) is 7.68. The lowest BCUT2D eigenvalue weighted by atomic mass is 10.1. The van der Waals surface area contributed by atoms with E-state index in [9.17, 15) is 9.59 Å². The Hall–Kier alpha value is -3.02. The summed E-state index contributed by atoms with van der Waals surface area (Å²) in [6.07, 6.45) is -0.469. The van der Waals surface area contributed by atoms with Gasteiger partial charge in [-0.15, -0.1) is 0 Å². The van der Waals surface area contributed by atoms with Gasteiger partial charge in [0.1, 0.15) is 18.0 Å². The molecular formula is C23H29NO5. The maximum absolute atomic E-state index is 12.7. The van der Waals surface area contributed by atoms with E-state index in [1.54, 1.807) is 26.8 Å². The summed E-state index contributed by atoms with van der Waals surface area (Å²) >= 11 is 0. The molecule has 0 fully saturated rings. The summed E-state index contributed by atoms with van der Waals surface area (Å²) in [5.41, 5.74) is 1.93. The minimum atomic E-state index is -0.655. The highest BCUT2D eigenvalue weighted by atomic mass is 16.6. The van der Waals surface area contributed by atoms with E-state index in [1.807, 2.05) is 49.4 Å². The van der Waals surface area contributed by atoms with Gasteiger partial charge < -0.3 is 14.2 Å². The van der Waals surface area contributed by atoms with Crippen LogP contribution in [0.1, 0.15) is 38.3 Å². The predicted octanol–water partition coefficient (Wildman–Crippen LogP) is 4.88. The summed E-state index contributed by atoms with van der Waals surface area (Å²) in [7, 11) is 1.32. The molecule has 0 radical (unpaired) electrons. The largest absolute Gasteiger partial charge is 0.489 e. The summed E-state index contributed by atoms with van der Waals surface area (Å²) < 4.78 is 16.2. The number of methoxy groups -OCH3 is 1. The maximum Gasteiger partial charge on any atom is 0.414 e. The standard InChI is InChI=1S/C23H29NO5/c1-17-11-12-19(15-20(17)28-16-18-9-7-6-8-10-18)24(14-13-21(25)27-5)22(26)29-23(2,3)4/h6-12,15H,13-14,16H2,1-5H3. The molecule has 0 N–H and O–H groups in total. The van der Waals surface area contributed by atoms with Gasteiger partial charge in [-0.25, -0.2) is 4.79 Å². The van der Waals surface area contributed by atoms with Crippen LogP contribution < -0.4 is 9.64 Å². The van der Waals surface area contributed by atoms with Crippen LogP contribution in [0.3, 0.4) is 0 Å². The lowest BCUT2D eigenvalue weighted by molar-refractivity contribution is -0.140. The van der Waals surface area contributed by atoms with Gasteiger partial charge in [0.25, 0.3) is 0 Å². The average Bonchev–Trinajstić information content (AvgIpc) is 2.67. The highest BCUT2D eigenvalue weighted by Gasteiger charge is 2.24. The smallest absolute Gasteiger partial charge is 0.414 e. The first-order chi connectivity index (χ1) is 13.7. The zero-order valence-electron chi connectivity index (χ0n) is 17.7. The minimum absolute atomic E-state index is 0.0594. The third-order valence-electron chi connectivity index (χ3n) is 4.10.